The van der Waals surface area contributed by atoms with Gasteiger partial charge in [-0.25, -0.2) is 0 Å². The van der Waals surface area contributed by atoms with Gasteiger partial charge in [0.1, 0.15) is 0 Å². The van der Waals surface area contributed by atoms with Crippen LogP contribution >= 0.6 is 0 Å². The topological polar surface area (TPSA) is 12.0 Å². The second-order valence-electron chi connectivity index (χ2n) is 3.61. The van der Waals surface area contributed by atoms with Crippen molar-refractivity contribution in [3.8, 4) is 0 Å². The highest BCUT2D eigenvalue weighted by Crippen LogP contribution is 2.16. The standard InChI is InChI=1S/C13H19N/c1-4-5-10-14-12(3)13-9-7-6-8-11(13)2/h4,6-9,12,14H,1,5,10H2,2-3H3/t12-/m0/s1. The fourth-order valence-corrected chi connectivity index (χ4v) is 1.58. The summed E-state index contributed by atoms with van der Waals surface area (Å²) in [5.41, 5.74) is 2.74. The number of hydrogen-bond donors (Lipinski definition) is 1. The minimum Gasteiger partial charge on any atom is -0.310 e. The molecule has 0 heterocycles. The molecule has 0 aliphatic heterocycles. The molecule has 0 amide bonds. The third-order valence-electron chi connectivity index (χ3n) is 2.45. The Hall–Kier alpha value is -1.08. The first-order chi connectivity index (χ1) is 6.75. The largest absolute Gasteiger partial charge is 0.310 e. The van der Waals surface area contributed by atoms with Gasteiger partial charge in [-0.15, -0.1) is 6.58 Å². The Kier molecular flexibility index (Phi) is 4.41. The van der Waals surface area contributed by atoms with Crippen molar-refractivity contribution in [3.63, 3.8) is 0 Å². The van der Waals surface area contributed by atoms with Crippen LogP contribution in [0.15, 0.2) is 36.9 Å². The van der Waals surface area contributed by atoms with Gasteiger partial charge < -0.3 is 5.32 Å². The molecule has 1 N–H and O–H groups in total. The van der Waals surface area contributed by atoms with Crippen molar-refractivity contribution in [1.82, 2.24) is 5.32 Å². The predicted octanol–water partition coefficient (Wildman–Crippen LogP) is 3.22. The van der Waals surface area contributed by atoms with E-state index in [1.807, 2.05) is 6.08 Å². The summed E-state index contributed by atoms with van der Waals surface area (Å²) in [5.74, 6) is 0. The SMILES string of the molecule is C=CCCN[C@@H](C)c1ccccc1C. The first-order valence-electron chi connectivity index (χ1n) is 5.15. The van der Waals surface area contributed by atoms with Crippen LogP contribution in [0.3, 0.4) is 0 Å². The molecule has 1 aromatic rings. The Balaban J connectivity index is 2.55. The number of hydrogen-bond acceptors (Lipinski definition) is 1. The molecule has 0 saturated carbocycles. The maximum Gasteiger partial charge on any atom is 0.0294 e. The lowest BCUT2D eigenvalue weighted by molar-refractivity contribution is 0.579. The number of benzene rings is 1. The van der Waals surface area contributed by atoms with Crippen LogP contribution < -0.4 is 5.32 Å². The Bertz CT molecular complexity index is 291. The van der Waals surface area contributed by atoms with Crippen LogP contribution in [0.1, 0.15) is 30.5 Å². The Morgan fingerprint density at radius 2 is 2.14 bits per heavy atom. The van der Waals surface area contributed by atoms with Crippen molar-refractivity contribution in [2.75, 3.05) is 6.54 Å². The minimum absolute atomic E-state index is 0.427. The molecule has 0 bridgehead atoms. The molecule has 1 rings (SSSR count). The predicted molar refractivity (Wildman–Crippen MR) is 62.4 cm³/mol. The van der Waals surface area contributed by atoms with E-state index in [9.17, 15) is 0 Å². The van der Waals surface area contributed by atoms with E-state index in [4.69, 9.17) is 0 Å². The van der Waals surface area contributed by atoms with Crippen LogP contribution in [0.4, 0.5) is 0 Å². The molecule has 0 unspecified atom stereocenters. The van der Waals surface area contributed by atoms with Crippen molar-refractivity contribution >= 4 is 0 Å². The molecular formula is C13H19N. The van der Waals surface area contributed by atoms with E-state index in [1.54, 1.807) is 0 Å². The second-order valence-corrected chi connectivity index (χ2v) is 3.61. The molecule has 1 heteroatoms. The number of nitrogens with one attached hydrogen (secondary N) is 1. The van der Waals surface area contributed by atoms with Crippen molar-refractivity contribution in [3.05, 3.63) is 48.0 Å². The number of aryl methyl sites for hydroxylation is 1. The average Bonchev–Trinajstić information content (AvgIpc) is 2.18. The van der Waals surface area contributed by atoms with Gasteiger partial charge in [-0.05, 0) is 37.9 Å². The third-order valence-corrected chi connectivity index (χ3v) is 2.45. The molecular weight excluding hydrogens is 170 g/mol. The normalized spacial score (nSPS) is 12.4. The molecule has 0 fully saturated rings. The van der Waals surface area contributed by atoms with Crippen LogP contribution in [-0.4, -0.2) is 6.54 Å². The van der Waals surface area contributed by atoms with Crippen LogP contribution in [0.2, 0.25) is 0 Å². The molecule has 0 radical (unpaired) electrons. The fraction of sp³-hybridized carbons (Fsp3) is 0.385. The second kappa shape index (κ2) is 5.61. The lowest BCUT2D eigenvalue weighted by atomic mass is 10.0. The Morgan fingerprint density at radius 3 is 2.79 bits per heavy atom. The van der Waals surface area contributed by atoms with Crippen LogP contribution in [0, 0.1) is 6.92 Å². The molecule has 0 aromatic heterocycles. The van der Waals surface area contributed by atoms with E-state index >= 15 is 0 Å². The molecule has 1 aromatic carbocycles. The van der Waals surface area contributed by atoms with Crippen LogP contribution in [0.5, 0.6) is 0 Å². The Labute approximate surface area is 86.8 Å². The maximum absolute atomic E-state index is 3.71. The zero-order valence-corrected chi connectivity index (χ0v) is 9.09. The van der Waals surface area contributed by atoms with Gasteiger partial charge in [-0.2, -0.15) is 0 Å². The molecule has 1 atom stereocenters. The summed E-state index contributed by atoms with van der Waals surface area (Å²) in [7, 11) is 0. The first-order valence-corrected chi connectivity index (χ1v) is 5.15. The molecule has 76 valence electrons. The van der Waals surface area contributed by atoms with Gasteiger partial charge in [0.05, 0.1) is 0 Å². The first kappa shape index (κ1) is 11.0. The lowest BCUT2D eigenvalue weighted by Gasteiger charge is -2.15. The maximum atomic E-state index is 3.71. The molecule has 0 aliphatic carbocycles. The monoisotopic (exact) mass is 189 g/mol. The highest BCUT2D eigenvalue weighted by Gasteiger charge is 2.05. The quantitative estimate of drug-likeness (QED) is 0.554. The van der Waals surface area contributed by atoms with Gasteiger partial charge in [0.2, 0.25) is 0 Å². The zero-order chi connectivity index (χ0) is 10.4. The summed E-state index contributed by atoms with van der Waals surface area (Å²) in [6.07, 6.45) is 2.97. The van der Waals surface area contributed by atoms with E-state index in [1.165, 1.54) is 11.1 Å². The van der Waals surface area contributed by atoms with Crippen molar-refractivity contribution in [2.45, 2.75) is 26.3 Å². The van der Waals surface area contributed by atoms with Crippen LogP contribution in [0.25, 0.3) is 0 Å². The average molecular weight is 189 g/mol. The highest BCUT2D eigenvalue weighted by molar-refractivity contribution is 5.28. The van der Waals surface area contributed by atoms with Crippen molar-refractivity contribution in [1.29, 1.82) is 0 Å². The van der Waals surface area contributed by atoms with E-state index in [2.05, 4.69) is 50.0 Å². The summed E-state index contributed by atoms with van der Waals surface area (Å²) in [6.45, 7) is 9.06. The molecule has 0 spiro atoms. The summed E-state index contributed by atoms with van der Waals surface area (Å²) >= 11 is 0. The van der Waals surface area contributed by atoms with Gasteiger partial charge in [0, 0.05) is 6.04 Å². The summed E-state index contributed by atoms with van der Waals surface area (Å²) < 4.78 is 0. The minimum atomic E-state index is 0.427. The summed E-state index contributed by atoms with van der Waals surface area (Å²) in [4.78, 5) is 0. The zero-order valence-electron chi connectivity index (χ0n) is 9.09. The highest BCUT2D eigenvalue weighted by atomic mass is 14.9. The summed E-state index contributed by atoms with van der Waals surface area (Å²) in [6, 6.07) is 8.93. The van der Waals surface area contributed by atoms with E-state index in [0.29, 0.717) is 6.04 Å². The van der Waals surface area contributed by atoms with Gasteiger partial charge in [0.25, 0.3) is 0 Å². The molecule has 14 heavy (non-hydrogen) atoms. The molecule has 1 nitrogen and oxygen atoms in total. The van der Waals surface area contributed by atoms with Gasteiger partial charge in [0.15, 0.2) is 0 Å². The summed E-state index contributed by atoms with van der Waals surface area (Å²) in [5, 5.41) is 3.47. The van der Waals surface area contributed by atoms with Gasteiger partial charge in [-0.1, -0.05) is 30.3 Å². The van der Waals surface area contributed by atoms with Crippen molar-refractivity contribution < 1.29 is 0 Å². The van der Waals surface area contributed by atoms with E-state index in [0.717, 1.165) is 13.0 Å². The molecule has 0 aliphatic rings. The lowest BCUT2D eigenvalue weighted by Crippen LogP contribution is -2.20. The van der Waals surface area contributed by atoms with Gasteiger partial charge in [-0.3, -0.25) is 0 Å². The van der Waals surface area contributed by atoms with Crippen molar-refractivity contribution in [2.24, 2.45) is 0 Å². The van der Waals surface area contributed by atoms with E-state index in [-0.39, 0.29) is 0 Å². The van der Waals surface area contributed by atoms with E-state index < -0.39 is 0 Å². The van der Waals surface area contributed by atoms with Gasteiger partial charge >= 0.3 is 0 Å². The number of rotatable bonds is 5. The smallest absolute Gasteiger partial charge is 0.0294 e. The fourth-order valence-electron chi connectivity index (χ4n) is 1.58. The third kappa shape index (κ3) is 3.00. The van der Waals surface area contributed by atoms with Crippen LogP contribution in [-0.2, 0) is 0 Å². The Morgan fingerprint density at radius 1 is 1.43 bits per heavy atom. The molecule has 0 saturated heterocycles.